The van der Waals surface area contributed by atoms with Gasteiger partial charge in [-0.15, -0.1) is 0 Å². The van der Waals surface area contributed by atoms with E-state index in [2.05, 4.69) is 0 Å². The van der Waals surface area contributed by atoms with Crippen molar-refractivity contribution in [2.75, 3.05) is 6.61 Å². The zero-order valence-electron chi connectivity index (χ0n) is 22.7. The fraction of sp³-hybridized carbons (Fsp3) is 0.571. The number of fused-ring (bicyclic) bond motifs is 1. The maximum Gasteiger partial charge on any atom is 0.332 e. The fourth-order valence-electron chi connectivity index (χ4n) is 4.83. The number of aliphatic hydroxyl groups excluding tert-OH is 1. The van der Waals surface area contributed by atoms with Gasteiger partial charge in [0, 0.05) is 12.5 Å². The molecule has 1 aliphatic rings. The minimum atomic E-state index is -1.03. The molecule has 206 valence electrons. The summed E-state index contributed by atoms with van der Waals surface area (Å²) in [5.74, 6) is 0.930. The minimum absolute atomic E-state index is 0.0375. The van der Waals surface area contributed by atoms with Gasteiger partial charge >= 0.3 is 11.7 Å². The summed E-state index contributed by atoms with van der Waals surface area (Å²) in [6.07, 6.45) is 3.43. The summed E-state index contributed by atoms with van der Waals surface area (Å²) in [5, 5.41) is 10.8. The number of rotatable bonds is 10. The molecule has 0 bridgehead atoms. The van der Waals surface area contributed by atoms with E-state index in [-0.39, 0.29) is 43.5 Å². The van der Waals surface area contributed by atoms with Gasteiger partial charge in [-0.2, -0.15) is 0 Å². The Morgan fingerprint density at radius 1 is 1.11 bits per heavy atom. The predicted octanol–water partition coefficient (Wildman–Crippen LogP) is 3.41. The van der Waals surface area contributed by atoms with Crippen molar-refractivity contribution in [2.45, 2.75) is 91.6 Å². The van der Waals surface area contributed by atoms with Crippen molar-refractivity contribution < 1.29 is 19.4 Å². The van der Waals surface area contributed by atoms with E-state index in [4.69, 9.17) is 14.5 Å². The fourth-order valence-corrected chi connectivity index (χ4v) is 4.83. The van der Waals surface area contributed by atoms with Gasteiger partial charge in [0.25, 0.3) is 5.56 Å². The Kier molecular flexibility index (Phi) is 8.40. The van der Waals surface area contributed by atoms with Crippen molar-refractivity contribution in [3.8, 4) is 5.75 Å². The second kappa shape index (κ2) is 11.6. The third-order valence-corrected chi connectivity index (χ3v) is 6.83. The van der Waals surface area contributed by atoms with Crippen molar-refractivity contribution in [3.63, 3.8) is 0 Å². The first-order valence-corrected chi connectivity index (χ1v) is 13.4. The Morgan fingerprint density at radius 3 is 2.42 bits per heavy atom. The molecule has 4 rings (SSSR count). The summed E-state index contributed by atoms with van der Waals surface area (Å²) in [4.78, 5) is 44.5. The Hall–Kier alpha value is -3.40. The molecule has 0 spiro atoms. The average molecular weight is 527 g/mol. The molecule has 1 aliphatic carbocycles. The molecule has 10 nitrogen and oxygen atoms in total. The summed E-state index contributed by atoms with van der Waals surface area (Å²) in [6.45, 7) is 7.10. The summed E-state index contributed by atoms with van der Waals surface area (Å²) < 4.78 is 15.5. The molecule has 3 aromatic rings. The Balaban J connectivity index is 1.78. The van der Waals surface area contributed by atoms with E-state index >= 15 is 0 Å². The molecule has 10 heteroatoms. The molecule has 38 heavy (non-hydrogen) atoms. The highest BCUT2D eigenvalue weighted by atomic mass is 16.5. The molecular weight excluding hydrogens is 488 g/mol. The van der Waals surface area contributed by atoms with Crippen molar-refractivity contribution >= 4 is 17.1 Å². The number of hydrogen-bond donors (Lipinski definition) is 1. The van der Waals surface area contributed by atoms with Crippen molar-refractivity contribution in [3.05, 3.63) is 57.0 Å². The second-order valence-electron chi connectivity index (χ2n) is 11.0. The Bertz CT molecular complexity index is 1380. The molecule has 1 fully saturated rings. The molecule has 1 saturated carbocycles. The first-order chi connectivity index (χ1) is 18.1. The molecule has 2 aromatic heterocycles. The quantitative estimate of drug-likeness (QED) is 0.402. The van der Waals surface area contributed by atoms with E-state index in [0.29, 0.717) is 18.0 Å². The number of carbonyl (C=O) groups excluding carboxylic acids is 1. The van der Waals surface area contributed by atoms with E-state index in [1.807, 2.05) is 25.1 Å². The van der Waals surface area contributed by atoms with Gasteiger partial charge in [-0.05, 0) is 52.2 Å². The summed E-state index contributed by atoms with van der Waals surface area (Å²) in [5.41, 5.74) is -1.31. The molecule has 1 aromatic carbocycles. The van der Waals surface area contributed by atoms with Gasteiger partial charge in [0.2, 0.25) is 0 Å². The predicted molar refractivity (Wildman–Crippen MR) is 143 cm³/mol. The lowest BCUT2D eigenvalue weighted by Gasteiger charge is -2.19. The number of aromatic nitrogens is 4. The number of aliphatic hydroxyl groups is 1. The van der Waals surface area contributed by atoms with E-state index in [1.54, 1.807) is 37.5 Å². The SMILES string of the molecule is CCCn1c(=O)c2c(nc(C3CCCC3)n2COC(=O)C(C)(C)C)n(CC(O)COc2ccccc2)c1=O. The highest BCUT2D eigenvalue weighted by Crippen LogP contribution is 2.35. The number of imidazole rings is 1. The topological polar surface area (TPSA) is 118 Å². The highest BCUT2D eigenvalue weighted by molar-refractivity contribution is 5.75. The molecule has 0 aliphatic heterocycles. The number of nitrogens with zero attached hydrogens (tertiary/aromatic N) is 4. The van der Waals surface area contributed by atoms with Crippen LogP contribution in [0.1, 0.15) is 71.5 Å². The van der Waals surface area contributed by atoms with Gasteiger partial charge in [0.15, 0.2) is 17.9 Å². The number of para-hydroxylation sites is 1. The standard InChI is InChI=1S/C28H38N4O6/c1-5-15-30-25(34)22-24(31(27(30)36)16-20(33)17-37-21-13-7-6-8-14-21)29-23(19-11-9-10-12-19)32(22)18-38-26(35)28(2,3)4/h6-8,13-14,19-20,33H,5,9-12,15-18H2,1-4H3. The molecule has 1 unspecified atom stereocenters. The van der Waals surface area contributed by atoms with Crippen LogP contribution in [0.3, 0.4) is 0 Å². The number of benzene rings is 1. The Labute approximate surface area is 221 Å². The van der Waals surface area contributed by atoms with Gasteiger partial charge in [-0.1, -0.05) is 38.0 Å². The normalized spacial score (nSPS) is 15.2. The molecule has 1 N–H and O–H groups in total. The Morgan fingerprint density at radius 2 is 1.79 bits per heavy atom. The van der Waals surface area contributed by atoms with Crippen molar-refractivity contribution in [2.24, 2.45) is 5.41 Å². The van der Waals surface area contributed by atoms with Gasteiger partial charge < -0.3 is 14.6 Å². The van der Waals surface area contributed by atoms with Crippen LogP contribution < -0.4 is 16.0 Å². The molecule has 0 amide bonds. The van der Waals surface area contributed by atoms with Crippen LogP contribution in [0.15, 0.2) is 39.9 Å². The highest BCUT2D eigenvalue weighted by Gasteiger charge is 2.30. The number of ether oxygens (including phenoxy) is 2. The zero-order chi connectivity index (χ0) is 27.4. The van der Waals surface area contributed by atoms with E-state index < -0.39 is 28.7 Å². The van der Waals surface area contributed by atoms with Gasteiger partial charge in [-0.25, -0.2) is 9.78 Å². The monoisotopic (exact) mass is 526 g/mol. The van der Waals surface area contributed by atoms with Crippen molar-refractivity contribution in [1.82, 2.24) is 18.7 Å². The van der Waals surface area contributed by atoms with Gasteiger partial charge in [-0.3, -0.25) is 23.3 Å². The number of carbonyl (C=O) groups is 1. The van der Waals surface area contributed by atoms with Crippen LogP contribution in [-0.2, 0) is 29.4 Å². The lowest BCUT2D eigenvalue weighted by atomic mass is 9.98. The summed E-state index contributed by atoms with van der Waals surface area (Å²) >= 11 is 0. The molecular formula is C28H38N4O6. The third-order valence-electron chi connectivity index (χ3n) is 6.83. The van der Waals surface area contributed by atoms with Crippen LogP contribution in [0.4, 0.5) is 0 Å². The smallest absolute Gasteiger partial charge is 0.332 e. The number of esters is 1. The first-order valence-electron chi connectivity index (χ1n) is 13.4. The first kappa shape index (κ1) is 27.6. The van der Waals surface area contributed by atoms with Crippen LogP contribution in [0.25, 0.3) is 11.2 Å². The van der Waals surface area contributed by atoms with Gasteiger partial charge in [0.05, 0.1) is 12.0 Å². The third kappa shape index (κ3) is 5.85. The minimum Gasteiger partial charge on any atom is -0.491 e. The van der Waals surface area contributed by atoms with E-state index in [9.17, 15) is 19.5 Å². The molecule has 0 radical (unpaired) electrons. The molecule has 0 saturated heterocycles. The lowest BCUT2D eigenvalue weighted by Crippen LogP contribution is -2.42. The molecule has 1 atom stereocenters. The lowest BCUT2D eigenvalue weighted by molar-refractivity contribution is -0.156. The van der Waals surface area contributed by atoms with Crippen LogP contribution >= 0.6 is 0 Å². The van der Waals surface area contributed by atoms with Crippen LogP contribution in [-0.4, -0.2) is 42.5 Å². The van der Waals surface area contributed by atoms with Crippen LogP contribution in [0.5, 0.6) is 5.75 Å². The zero-order valence-corrected chi connectivity index (χ0v) is 22.7. The van der Waals surface area contributed by atoms with E-state index in [0.717, 1.165) is 25.7 Å². The van der Waals surface area contributed by atoms with Crippen LogP contribution in [0, 0.1) is 5.41 Å². The average Bonchev–Trinajstić information content (AvgIpc) is 3.54. The maximum atomic E-state index is 13.6. The van der Waals surface area contributed by atoms with E-state index in [1.165, 1.54) is 9.13 Å². The maximum absolute atomic E-state index is 13.6. The van der Waals surface area contributed by atoms with Gasteiger partial charge in [0.1, 0.15) is 24.3 Å². The largest absolute Gasteiger partial charge is 0.491 e. The summed E-state index contributed by atoms with van der Waals surface area (Å²) in [7, 11) is 0. The number of hydrogen-bond acceptors (Lipinski definition) is 7. The van der Waals surface area contributed by atoms with Crippen LogP contribution in [0.2, 0.25) is 0 Å². The van der Waals surface area contributed by atoms with Crippen molar-refractivity contribution in [1.29, 1.82) is 0 Å². The summed E-state index contributed by atoms with van der Waals surface area (Å²) in [6, 6.07) is 9.10. The second-order valence-corrected chi connectivity index (χ2v) is 11.0. The molecule has 2 heterocycles.